The molecular formula is C11H18N4O2. The number of nitrogens with two attached hydrogens (primary N) is 1. The molecule has 2 heterocycles. The Kier molecular flexibility index (Phi) is 3.44. The molecule has 0 spiro atoms. The van der Waals surface area contributed by atoms with Crippen LogP contribution in [0.1, 0.15) is 24.7 Å². The van der Waals surface area contributed by atoms with Crippen LogP contribution in [0.3, 0.4) is 0 Å². The number of aliphatic hydroxyl groups excluding tert-OH is 1. The highest BCUT2D eigenvalue weighted by Crippen LogP contribution is 2.19. The maximum atomic E-state index is 11.9. The Morgan fingerprint density at radius 3 is 3.12 bits per heavy atom. The summed E-state index contributed by atoms with van der Waals surface area (Å²) in [5, 5.41) is 13.3. The second-order valence-electron chi connectivity index (χ2n) is 4.38. The maximum Gasteiger partial charge on any atom is 0.224 e. The van der Waals surface area contributed by atoms with E-state index in [9.17, 15) is 4.79 Å². The van der Waals surface area contributed by atoms with Gasteiger partial charge in [0.15, 0.2) is 0 Å². The van der Waals surface area contributed by atoms with Crippen molar-refractivity contribution in [2.24, 2.45) is 5.73 Å². The van der Waals surface area contributed by atoms with Crippen molar-refractivity contribution in [3.05, 3.63) is 17.5 Å². The molecule has 94 valence electrons. The van der Waals surface area contributed by atoms with Crippen molar-refractivity contribution in [1.82, 2.24) is 14.7 Å². The van der Waals surface area contributed by atoms with Crippen LogP contribution < -0.4 is 5.73 Å². The topological polar surface area (TPSA) is 84.4 Å². The molecule has 17 heavy (non-hydrogen) atoms. The van der Waals surface area contributed by atoms with Crippen LogP contribution in [0.2, 0.25) is 0 Å². The van der Waals surface area contributed by atoms with Crippen LogP contribution >= 0.6 is 0 Å². The number of amides is 1. The van der Waals surface area contributed by atoms with Gasteiger partial charge in [-0.3, -0.25) is 9.48 Å². The molecule has 1 unspecified atom stereocenters. The predicted octanol–water partition coefficient (Wildman–Crippen LogP) is -0.545. The fraction of sp³-hybridized carbons (Fsp3) is 0.636. The highest BCUT2D eigenvalue weighted by molar-refractivity contribution is 5.76. The van der Waals surface area contributed by atoms with Crippen LogP contribution in [-0.2, 0) is 24.5 Å². The van der Waals surface area contributed by atoms with Crippen molar-refractivity contribution < 1.29 is 9.90 Å². The number of carbonyl (C=O) groups is 1. The van der Waals surface area contributed by atoms with Gasteiger partial charge in [0, 0.05) is 19.0 Å². The SMILES string of the molecule is CC1Cn2nc(CO)cc2CN1C(=O)CCN. The van der Waals surface area contributed by atoms with Gasteiger partial charge in [0.05, 0.1) is 31.1 Å². The lowest BCUT2D eigenvalue weighted by molar-refractivity contribution is -0.135. The van der Waals surface area contributed by atoms with Gasteiger partial charge in [0.2, 0.25) is 5.91 Å². The molecule has 0 aromatic carbocycles. The Morgan fingerprint density at radius 1 is 1.71 bits per heavy atom. The molecule has 0 bridgehead atoms. The number of carbonyl (C=O) groups excluding carboxylic acids is 1. The molecule has 1 aliphatic heterocycles. The Morgan fingerprint density at radius 2 is 2.47 bits per heavy atom. The molecule has 0 saturated heterocycles. The number of nitrogens with zero attached hydrogens (tertiary/aromatic N) is 3. The molecule has 6 heteroatoms. The predicted molar refractivity (Wildman–Crippen MR) is 61.8 cm³/mol. The zero-order chi connectivity index (χ0) is 12.4. The van der Waals surface area contributed by atoms with Crippen LogP contribution in [0.5, 0.6) is 0 Å². The summed E-state index contributed by atoms with van der Waals surface area (Å²) < 4.78 is 1.86. The lowest BCUT2D eigenvalue weighted by atomic mass is 10.1. The van der Waals surface area contributed by atoms with E-state index in [4.69, 9.17) is 10.8 Å². The van der Waals surface area contributed by atoms with Crippen molar-refractivity contribution in [2.45, 2.75) is 39.1 Å². The number of hydrogen-bond donors (Lipinski definition) is 2. The van der Waals surface area contributed by atoms with Crippen LogP contribution in [0.25, 0.3) is 0 Å². The molecule has 1 aromatic rings. The van der Waals surface area contributed by atoms with Gasteiger partial charge in [-0.25, -0.2) is 0 Å². The third kappa shape index (κ3) is 2.32. The van der Waals surface area contributed by atoms with E-state index in [1.54, 1.807) is 0 Å². The molecule has 1 aliphatic rings. The summed E-state index contributed by atoms with van der Waals surface area (Å²) in [5.41, 5.74) is 7.03. The second-order valence-corrected chi connectivity index (χ2v) is 4.38. The van der Waals surface area contributed by atoms with E-state index >= 15 is 0 Å². The van der Waals surface area contributed by atoms with E-state index in [-0.39, 0.29) is 18.6 Å². The van der Waals surface area contributed by atoms with E-state index in [2.05, 4.69) is 5.10 Å². The Bertz CT molecular complexity index is 416. The minimum atomic E-state index is -0.0644. The molecule has 0 aliphatic carbocycles. The Balaban J connectivity index is 2.17. The first-order valence-corrected chi connectivity index (χ1v) is 5.81. The normalized spacial score (nSPS) is 19.2. The number of rotatable bonds is 3. The monoisotopic (exact) mass is 238 g/mol. The Hall–Kier alpha value is -1.40. The smallest absolute Gasteiger partial charge is 0.224 e. The molecule has 0 fully saturated rings. The van der Waals surface area contributed by atoms with Gasteiger partial charge >= 0.3 is 0 Å². The highest BCUT2D eigenvalue weighted by Gasteiger charge is 2.27. The fourth-order valence-corrected chi connectivity index (χ4v) is 2.16. The summed E-state index contributed by atoms with van der Waals surface area (Å²) >= 11 is 0. The van der Waals surface area contributed by atoms with Crippen molar-refractivity contribution in [1.29, 1.82) is 0 Å². The number of hydrogen-bond acceptors (Lipinski definition) is 4. The molecule has 1 amide bonds. The minimum absolute atomic E-state index is 0.0644. The number of aromatic nitrogens is 2. The van der Waals surface area contributed by atoms with Gasteiger partial charge in [-0.1, -0.05) is 0 Å². The van der Waals surface area contributed by atoms with Crippen molar-refractivity contribution in [3.63, 3.8) is 0 Å². The summed E-state index contributed by atoms with van der Waals surface area (Å²) in [4.78, 5) is 13.7. The van der Waals surface area contributed by atoms with Gasteiger partial charge < -0.3 is 15.7 Å². The van der Waals surface area contributed by atoms with Gasteiger partial charge in [-0.05, 0) is 13.0 Å². The molecule has 1 aromatic heterocycles. The van der Waals surface area contributed by atoms with E-state index in [1.165, 1.54) is 0 Å². The van der Waals surface area contributed by atoms with Crippen molar-refractivity contribution in [2.75, 3.05) is 6.54 Å². The number of aliphatic hydroxyl groups is 1. The first kappa shape index (κ1) is 12.1. The van der Waals surface area contributed by atoms with Crippen molar-refractivity contribution in [3.8, 4) is 0 Å². The highest BCUT2D eigenvalue weighted by atomic mass is 16.3. The van der Waals surface area contributed by atoms with E-state index in [0.29, 0.717) is 31.7 Å². The summed E-state index contributed by atoms with van der Waals surface area (Å²) in [6.45, 7) is 3.53. The molecule has 0 radical (unpaired) electrons. The van der Waals surface area contributed by atoms with E-state index in [1.807, 2.05) is 22.6 Å². The van der Waals surface area contributed by atoms with Gasteiger partial charge in [-0.2, -0.15) is 5.10 Å². The summed E-state index contributed by atoms with van der Waals surface area (Å²) in [6.07, 6.45) is 0.380. The van der Waals surface area contributed by atoms with Gasteiger partial charge in [0.1, 0.15) is 0 Å². The average Bonchev–Trinajstić information content (AvgIpc) is 2.70. The van der Waals surface area contributed by atoms with E-state index in [0.717, 1.165) is 5.69 Å². The largest absolute Gasteiger partial charge is 0.390 e. The van der Waals surface area contributed by atoms with Crippen LogP contribution in [-0.4, -0.2) is 38.3 Å². The molecule has 1 atom stereocenters. The lowest BCUT2D eigenvalue weighted by Crippen LogP contribution is -2.45. The zero-order valence-electron chi connectivity index (χ0n) is 9.96. The van der Waals surface area contributed by atoms with Gasteiger partial charge in [0.25, 0.3) is 0 Å². The number of fused-ring (bicyclic) bond motifs is 1. The van der Waals surface area contributed by atoms with Crippen LogP contribution in [0.15, 0.2) is 6.07 Å². The molecular weight excluding hydrogens is 220 g/mol. The van der Waals surface area contributed by atoms with E-state index < -0.39 is 0 Å². The Labute approximate surface area is 100 Å². The van der Waals surface area contributed by atoms with Gasteiger partial charge in [-0.15, -0.1) is 0 Å². The zero-order valence-corrected chi connectivity index (χ0v) is 9.96. The van der Waals surface area contributed by atoms with Crippen molar-refractivity contribution >= 4 is 5.91 Å². The average molecular weight is 238 g/mol. The third-order valence-corrected chi connectivity index (χ3v) is 3.06. The quantitative estimate of drug-likeness (QED) is 0.740. The first-order valence-electron chi connectivity index (χ1n) is 5.81. The minimum Gasteiger partial charge on any atom is -0.390 e. The maximum absolute atomic E-state index is 11.9. The summed E-state index contributed by atoms with van der Waals surface area (Å²) in [6, 6.07) is 1.96. The second kappa shape index (κ2) is 4.85. The third-order valence-electron chi connectivity index (χ3n) is 3.06. The fourth-order valence-electron chi connectivity index (χ4n) is 2.16. The van der Waals surface area contributed by atoms with Crippen LogP contribution in [0, 0.1) is 0 Å². The molecule has 6 nitrogen and oxygen atoms in total. The van der Waals surface area contributed by atoms with Crippen LogP contribution in [0.4, 0.5) is 0 Å². The summed E-state index contributed by atoms with van der Waals surface area (Å²) in [7, 11) is 0. The summed E-state index contributed by atoms with van der Waals surface area (Å²) in [5.74, 6) is 0.0815. The molecule has 2 rings (SSSR count). The standard InChI is InChI=1S/C11H18N4O2/c1-8-5-15-10(4-9(7-16)13-15)6-14(8)11(17)2-3-12/h4,8,16H,2-3,5-7,12H2,1H3. The first-order chi connectivity index (χ1) is 8.15. The molecule has 0 saturated carbocycles. The molecule has 3 N–H and O–H groups in total. The lowest BCUT2D eigenvalue weighted by Gasteiger charge is -2.34.